The molecule has 0 fully saturated rings. The number of para-hydroxylation sites is 1. The van der Waals surface area contributed by atoms with Crippen molar-refractivity contribution >= 4 is 5.69 Å². The largest absolute Gasteiger partial charge is 0.392 e. The van der Waals surface area contributed by atoms with E-state index in [1.807, 2.05) is 70.3 Å². The second kappa shape index (κ2) is 10.9. The average molecular weight is 320 g/mol. The third kappa shape index (κ3) is 5.81. The van der Waals surface area contributed by atoms with Crippen molar-refractivity contribution in [3.63, 3.8) is 0 Å². The first-order valence-electron chi connectivity index (χ1n) is 8.17. The molecule has 0 aromatic heterocycles. The highest BCUT2D eigenvalue weighted by molar-refractivity contribution is 5.63. The Morgan fingerprint density at radius 3 is 2.25 bits per heavy atom. The predicted octanol–water partition coefficient (Wildman–Crippen LogP) is 5.72. The maximum absolute atomic E-state index is 4.01. The van der Waals surface area contributed by atoms with E-state index in [1.165, 1.54) is 0 Å². The third-order valence-corrected chi connectivity index (χ3v) is 3.44. The second-order valence-electron chi connectivity index (χ2n) is 5.18. The minimum absolute atomic E-state index is 1.00. The predicted molar refractivity (Wildman–Crippen MR) is 108 cm³/mol. The molecule has 2 nitrogen and oxygen atoms in total. The molecule has 0 heterocycles. The first kappa shape index (κ1) is 19.3. The highest BCUT2D eigenvalue weighted by atomic mass is 15.1. The fourth-order valence-corrected chi connectivity index (χ4v) is 2.12. The number of nitrogens with zero attached hydrogens (tertiary/aromatic N) is 1. The van der Waals surface area contributed by atoms with E-state index < -0.39 is 0 Å². The molecule has 0 amide bonds. The van der Waals surface area contributed by atoms with E-state index in [1.54, 1.807) is 0 Å². The lowest BCUT2D eigenvalue weighted by atomic mass is 10.2. The molecule has 0 radical (unpaired) electrons. The molecule has 2 heteroatoms. The fourth-order valence-electron chi connectivity index (χ4n) is 2.12. The Morgan fingerprint density at radius 2 is 1.71 bits per heavy atom. The molecule has 0 saturated carbocycles. The quantitative estimate of drug-likeness (QED) is 0.616. The summed E-state index contributed by atoms with van der Waals surface area (Å²) in [7, 11) is 1.92. The topological polar surface area (TPSA) is 15.3 Å². The molecule has 0 aliphatic rings. The molecule has 1 N–H and O–H groups in total. The monoisotopic (exact) mass is 320 g/mol. The van der Waals surface area contributed by atoms with Crippen LogP contribution in [0.5, 0.6) is 0 Å². The molecule has 0 atom stereocenters. The molecule has 126 valence electrons. The van der Waals surface area contributed by atoms with Crippen LogP contribution in [0, 0.1) is 0 Å². The summed E-state index contributed by atoms with van der Waals surface area (Å²) in [5.41, 5.74) is 4.26. The van der Waals surface area contributed by atoms with Crippen LogP contribution in [0.4, 0.5) is 5.69 Å². The van der Waals surface area contributed by atoms with Gasteiger partial charge in [-0.1, -0.05) is 43.0 Å². The molecule has 0 aliphatic heterocycles. The Bertz CT molecular complexity index is 658. The average Bonchev–Trinajstić information content (AvgIpc) is 2.63. The van der Waals surface area contributed by atoms with Gasteiger partial charge in [-0.2, -0.15) is 0 Å². The standard InChI is InChI=1S/C22H28N2/c1-6-9-14-21(13-7-2)24(22-15-11-10-12-16-22)20(8-3)18-17-19(4)23-5/h6-18,23H,3H2,1-2,4-5H3/b9-6-,13-7-,19-17+,20-18+,21-14+. The summed E-state index contributed by atoms with van der Waals surface area (Å²) in [5.74, 6) is 0. The van der Waals surface area contributed by atoms with Crippen molar-refractivity contribution in [2.24, 2.45) is 0 Å². The van der Waals surface area contributed by atoms with Crippen LogP contribution < -0.4 is 10.2 Å². The molecular weight excluding hydrogens is 292 g/mol. The minimum atomic E-state index is 1.00. The highest BCUT2D eigenvalue weighted by Crippen LogP contribution is 2.26. The van der Waals surface area contributed by atoms with Crippen LogP contribution in [0.2, 0.25) is 0 Å². The Hall–Kier alpha value is -2.74. The van der Waals surface area contributed by atoms with Gasteiger partial charge in [-0.3, -0.25) is 0 Å². The minimum Gasteiger partial charge on any atom is -0.392 e. The lowest BCUT2D eigenvalue weighted by molar-refractivity contribution is 0.989. The van der Waals surface area contributed by atoms with E-state index in [0.29, 0.717) is 0 Å². The molecular formula is C22H28N2. The molecule has 24 heavy (non-hydrogen) atoms. The van der Waals surface area contributed by atoms with Crippen LogP contribution in [0.25, 0.3) is 0 Å². The summed E-state index contributed by atoms with van der Waals surface area (Å²) in [4.78, 5) is 2.19. The number of hydrogen-bond acceptors (Lipinski definition) is 2. The number of hydrogen-bond donors (Lipinski definition) is 1. The number of rotatable bonds is 8. The highest BCUT2D eigenvalue weighted by Gasteiger charge is 2.12. The molecule has 0 spiro atoms. The molecule has 1 aromatic rings. The van der Waals surface area contributed by atoms with Gasteiger partial charge in [0, 0.05) is 29.8 Å². The van der Waals surface area contributed by atoms with Gasteiger partial charge in [-0.15, -0.1) is 0 Å². The van der Waals surface area contributed by atoms with Gasteiger partial charge in [0.2, 0.25) is 0 Å². The third-order valence-electron chi connectivity index (χ3n) is 3.44. The molecule has 0 unspecified atom stereocenters. The van der Waals surface area contributed by atoms with E-state index in [0.717, 1.165) is 22.8 Å². The van der Waals surface area contributed by atoms with Crippen molar-refractivity contribution in [1.29, 1.82) is 0 Å². The summed E-state index contributed by atoms with van der Waals surface area (Å²) in [6.45, 7) is 10.1. The summed E-state index contributed by atoms with van der Waals surface area (Å²) in [5, 5.41) is 3.14. The molecule has 1 aromatic carbocycles. The van der Waals surface area contributed by atoms with Crippen molar-refractivity contribution in [2.75, 3.05) is 11.9 Å². The van der Waals surface area contributed by atoms with Crippen LogP contribution in [-0.2, 0) is 0 Å². The van der Waals surface area contributed by atoms with Crippen LogP contribution >= 0.6 is 0 Å². The Balaban J connectivity index is 3.49. The van der Waals surface area contributed by atoms with Crippen LogP contribution in [0.15, 0.2) is 103 Å². The van der Waals surface area contributed by atoms with Gasteiger partial charge in [-0.25, -0.2) is 0 Å². The van der Waals surface area contributed by atoms with Crippen LogP contribution in [-0.4, -0.2) is 7.05 Å². The molecule has 0 aliphatic carbocycles. The smallest absolute Gasteiger partial charge is 0.0461 e. The zero-order chi connectivity index (χ0) is 17.8. The van der Waals surface area contributed by atoms with Crippen molar-refractivity contribution in [3.8, 4) is 0 Å². The van der Waals surface area contributed by atoms with Crippen LogP contribution in [0.1, 0.15) is 20.8 Å². The van der Waals surface area contributed by atoms with Gasteiger partial charge in [0.15, 0.2) is 0 Å². The lowest BCUT2D eigenvalue weighted by Crippen LogP contribution is -2.19. The van der Waals surface area contributed by atoms with Gasteiger partial charge in [-0.05, 0) is 63.3 Å². The Kier molecular flexibility index (Phi) is 8.77. The normalized spacial score (nSPS) is 13.6. The van der Waals surface area contributed by atoms with Crippen molar-refractivity contribution in [3.05, 3.63) is 103 Å². The SMILES string of the molecule is C=C/C(=C\C=C(/C)NC)N(C(/C=C\C)=C/C=C\C)c1ccccc1. The van der Waals surface area contributed by atoms with E-state index in [-0.39, 0.29) is 0 Å². The lowest BCUT2D eigenvalue weighted by Gasteiger charge is -2.27. The number of nitrogens with one attached hydrogen (secondary N) is 1. The zero-order valence-electron chi connectivity index (χ0n) is 15.2. The molecule has 0 saturated heterocycles. The Labute approximate surface area is 146 Å². The van der Waals surface area contributed by atoms with E-state index in [9.17, 15) is 0 Å². The summed E-state index contributed by atoms with van der Waals surface area (Å²) in [6, 6.07) is 10.3. The second-order valence-corrected chi connectivity index (χ2v) is 5.18. The van der Waals surface area contributed by atoms with Crippen molar-refractivity contribution in [2.45, 2.75) is 20.8 Å². The first-order valence-corrected chi connectivity index (χ1v) is 8.17. The van der Waals surface area contributed by atoms with E-state index in [2.05, 4.69) is 53.2 Å². The van der Waals surface area contributed by atoms with Gasteiger partial charge in [0.25, 0.3) is 0 Å². The first-order chi connectivity index (χ1) is 11.7. The maximum atomic E-state index is 4.01. The number of anilines is 1. The Morgan fingerprint density at radius 1 is 1.00 bits per heavy atom. The zero-order valence-corrected chi connectivity index (χ0v) is 15.2. The summed E-state index contributed by atoms with van der Waals surface area (Å²) < 4.78 is 0. The van der Waals surface area contributed by atoms with E-state index >= 15 is 0 Å². The van der Waals surface area contributed by atoms with Gasteiger partial charge >= 0.3 is 0 Å². The summed E-state index contributed by atoms with van der Waals surface area (Å²) >= 11 is 0. The molecule has 0 bridgehead atoms. The number of allylic oxidation sites excluding steroid dienone is 9. The van der Waals surface area contributed by atoms with Crippen LogP contribution in [0.3, 0.4) is 0 Å². The fraction of sp³-hybridized carbons (Fsp3) is 0.182. The van der Waals surface area contributed by atoms with Crippen molar-refractivity contribution in [1.82, 2.24) is 5.32 Å². The van der Waals surface area contributed by atoms with Gasteiger partial charge in [0.05, 0.1) is 0 Å². The number of benzene rings is 1. The van der Waals surface area contributed by atoms with Gasteiger partial charge in [0.1, 0.15) is 0 Å². The van der Waals surface area contributed by atoms with Crippen molar-refractivity contribution < 1.29 is 0 Å². The van der Waals surface area contributed by atoms with Gasteiger partial charge < -0.3 is 10.2 Å². The van der Waals surface area contributed by atoms with E-state index in [4.69, 9.17) is 0 Å². The maximum Gasteiger partial charge on any atom is 0.0461 e. The molecule has 1 rings (SSSR count). The summed E-state index contributed by atoms with van der Waals surface area (Å²) in [6.07, 6.45) is 16.3.